The van der Waals surface area contributed by atoms with E-state index in [4.69, 9.17) is 5.26 Å². The largest absolute Gasteiger partial charge is 0.244 e. The van der Waals surface area contributed by atoms with Crippen LogP contribution < -0.4 is 4.72 Å². The van der Waals surface area contributed by atoms with Crippen LogP contribution in [0.25, 0.3) is 0 Å². The minimum Gasteiger partial charge on any atom is -0.244 e. The molecule has 0 spiro atoms. The van der Waals surface area contributed by atoms with Crippen LogP contribution in [0.2, 0.25) is 0 Å². The lowest BCUT2D eigenvalue weighted by atomic mass is 10.1. The van der Waals surface area contributed by atoms with Crippen LogP contribution in [0.1, 0.15) is 26.0 Å². The number of nitriles is 1. The highest BCUT2D eigenvalue weighted by Crippen LogP contribution is 2.08. The first-order chi connectivity index (χ1) is 7.99. The molecule has 0 bridgehead atoms. The van der Waals surface area contributed by atoms with Gasteiger partial charge in [-0.15, -0.1) is 0 Å². The molecule has 1 atom stereocenters. The molecule has 0 aliphatic heterocycles. The Balaban J connectivity index is 2.79. The fourth-order valence-electron chi connectivity index (χ4n) is 1.09. The van der Waals surface area contributed by atoms with E-state index >= 15 is 0 Å². The summed E-state index contributed by atoms with van der Waals surface area (Å²) in [4.78, 5) is 3.81. The van der Waals surface area contributed by atoms with Gasteiger partial charge in [0.25, 0.3) is 0 Å². The highest BCUT2D eigenvalue weighted by atomic mass is 32.2. The maximum atomic E-state index is 11.8. The monoisotopic (exact) mass is 253 g/mol. The molecule has 1 rings (SSSR count). The van der Waals surface area contributed by atoms with Gasteiger partial charge in [0.05, 0.1) is 0 Å². The predicted molar refractivity (Wildman–Crippen MR) is 63.6 cm³/mol. The molecule has 0 amide bonds. The zero-order chi connectivity index (χ0) is 12.9. The molecule has 0 saturated heterocycles. The predicted octanol–water partition coefficient (Wildman–Crippen LogP) is 1.28. The summed E-state index contributed by atoms with van der Waals surface area (Å²) in [6.45, 7) is 4.38. The molecule has 0 aliphatic rings. The van der Waals surface area contributed by atoms with Gasteiger partial charge in [0.1, 0.15) is 16.7 Å². The molecular formula is C11H15N3O2S. The Bertz CT molecular complexity index is 503. The molecule has 1 aromatic rings. The van der Waals surface area contributed by atoms with Gasteiger partial charge in [-0.2, -0.15) is 5.26 Å². The summed E-state index contributed by atoms with van der Waals surface area (Å²) in [6.07, 6.45) is 2.10. The van der Waals surface area contributed by atoms with Crippen molar-refractivity contribution in [2.24, 2.45) is 5.92 Å². The first kappa shape index (κ1) is 13.6. The molecule has 5 nitrogen and oxygen atoms in total. The minimum atomic E-state index is -3.51. The lowest BCUT2D eigenvalue weighted by Gasteiger charge is -2.10. The molecule has 17 heavy (non-hydrogen) atoms. The van der Waals surface area contributed by atoms with Crippen molar-refractivity contribution in [1.82, 2.24) is 9.71 Å². The third kappa shape index (κ3) is 3.80. The maximum Gasteiger partial charge on any atom is 0.242 e. The number of pyridine rings is 1. The summed E-state index contributed by atoms with van der Waals surface area (Å²) in [7, 11) is -3.51. The van der Waals surface area contributed by atoms with Crippen molar-refractivity contribution in [3.8, 4) is 6.07 Å². The fraction of sp³-hybridized carbons (Fsp3) is 0.455. The molecule has 6 heteroatoms. The Morgan fingerprint density at radius 3 is 2.71 bits per heavy atom. The minimum absolute atomic E-state index is 0.0832. The maximum absolute atomic E-state index is 11.8. The van der Waals surface area contributed by atoms with Gasteiger partial charge in [0.15, 0.2) is 0 Å². The van der Waals surface area contributed by atoms with E-state index in [1.54, 1.807) is 0 Å². The fourth-order valence-corrected chi connectivity index (χ4v) is 2.19. The lowest BCUT2D eigenvalue weighted by Crippen LogP contribution is -2.28. The Morgan fingerprint density at radius 1 is 1.53 bits per heavy atom. The number of nitrogens with one attached hydrogen (secondary N) is 1. The van der Waals surface area contributed by atoms with E-state index in [2.05, 4.69) is 9.71 Å². The van der Waals surface area contributed by atoms with Gasteiger partial charge in [-0.05, 0) is 18.1 Å². The van der Waals surface area contributed by atoms with Crippen LogP contribution in [0, 0.1) is 17.2 Å². The van der Waals surface area contributed by atoms with Crippen LogP contribution in [-0.2, 0) is 10.0 Å². The van der Waals surface area contributed by atoms with Crippen LogP contribution in [0.4, 0.5) is 0 Å². The molecule has 1 unspecified atom stereocenters. The summed E-state index contributed by atoms with van der Waals surface area (Å²) < 4.78 is 26.1. The van der Waals surface area contributed by atoms with Gasteiger partial charge in [-0.3, -0.25) is 0 Å². The smallest absolute Gasteiger partial charge is 0.242 e. The van der Waals surface area contributed by atoms with E-state index in [0.29, 0.717) is 6.54 Å². The molecule has 0 aliphatic carbocycles. The normalized spacial score (nSPS) is 13.0. The molecule has 0 aromatic carbocycles. The molecule has 0 radical (unpaired) electrons. The first-order valence-corrected chi connectivity index (χ1v) is 6.83. The number of sulfonamides is 1. The number of hydrogen-bond donors (Lipinski definition) is 1. The van der Waals surface area contributed by atoms with Crippen LogP contribution in [-0.4, -0.2) is 19.9 Å². The third-order valence-corrected chi connectivity index (χ3v) is 3.89. The lowest BCUT2D eigenvalue weighted by molar-refractivity contribution is 0.528. The average Bonchev–Trinajstić information content (AvgIpc) is 2.36. The van der Waals surface area contributed by atoms with Crippen LogP contribution in [0.3, 0.4) is 0 Å². The van der Waals surface area contributed by atoms with Crippen LogP contribution in [0.15, 0.2) is 23.2 Å². The van der Waals surface area contributed by atoms with Gasteiger partial charge in [-0.25, -0.2) is 18.1 Å². The molecule has 0 fully saturated rings. The van der Waals surface area contributed by atoms with E-state index in [1.807, 2.05) is 19.9 Å². The summed E-state index contributed by atoms with van der Waals surface area (Å²) in [5, 5.41) is 8.56. The van der Waals surface area contributed by atoms with Crippen molar-refractivity contribution in [3.05, 3.63) is 24.0 Å². The molecule has 1 N–H and O–H groups in total. The molecule has 1 aromatic heterocycles. The second-order valence-electron chi connectivity index (χ2n) is 3.86. The number of hydrogen-bond acceptors (Lipinski definition) is 4. The van der Waals surface area contributed by atoms with E-state index in [9.17, 15) is 8.42 Å². The standard InChI is InChI=1S/C11H15N3O2S/c1-3-9(2)7-14-17(15,16)11-5-4-10(6-12)13-8-11/h4-5,8-9,14H,3,7H2,1-2H3. The van der Waals surface area contributed by atoms with E-state index in [0.717, 1.165) is 6.42 Å². The highest BCUT2D eigenvalue weighted by Gasteiger charge is 2.14. The van der Waals surface area contributed by atoms with Crippen molar-refractivity contribution >= 4 is 10.0 Å². The summed E-state index contributed by atoms with van der Waals surface area (Å²) in [5.41, 5.74) is 0.200. The highest BCUT2D eigenvalue weighted by molar-refractivity contribution is 7.89. The zero-order valence-electron chi connectivity index (χ0n) is 9.84. The number of aromatic nitrogens is 1. The first-order valence-electron chi connectivity index (χ1n) is 5.35. The van der Waals surface area contributed by atoms with Gasteiger partial charge < -0.3 is 0 Å². The van der Waals surface area contributed by atoms with Crippen molar-refractivity contribution < 1.29 is 8.42 Å². The van der Waals surface area contributed by atoms with Crippen LogP contribution >= 0.6 is 0 Å². The molecule has 0 saturated carbocycles. The van der Waals surface area contributed by atoms with Crippen molar-refractivity contribution in [2.75, 3.05) is 6.54 Å². The Labute approximate surface area is 102 Å². The average molecular weight is 253 g/mol. The second-order valence-corrected chi connectivity index (χ2v) is 5.62. The molecule has 92 valence electrons. The Kier molecular flexibility index (Phi) is 4.61. The van der Waals surface area contributed by atoms with Gasteiger partial charge in [0.2, 0.25) is 10.0 Å². The van der Waals surface area contributed by atoms with E-state index in [-0.39, 0.29) is 16.5 Å². The van der Waals surface area contributed by atoms with E-state index in [1.165, 1.54) is 18.3 Å². The SMILES string of the molecule is CCC(C)CNS(=O)(=O)c1ccc(C#N)nc1. The third-order valence-electron chi connectivity index (χ3n) is 2.48. The number of nitrogens with zero attached hydrogens (tertiary/aromatic N) is 2. The quantitative estimate of drug-likeness (QED) is 0.856. The number of rotatable bonds is 5. The van der Waals surface area contributed by atoms with Crippen molar-refractivity contribution in [3.63, 3.8) is 0 Å². The molecular weight excluding hydrogens is 238 g/mol. The summed E-state index contributed by atoms with van der Waals surface area (Å²) in [5.74, 6) is 0.288. The second kappa shape index (κ2) is 5.75. The van der Waals surface area contributed by atoms with Gasteiger partial charge in [0, 0.05) is 12.7 Å². The molecule has 1 heterocycles. The Morgan fingerprint density at radius 2 is 2.24 bits per heavy atom. The summed E-state index contributed by atoms with van der Waals surface area (Å²) >= 11 is 0. The van der Waals surface area contributed by atoms with Gasteiger partial charge >= 0.3 is 0 Å². The van der Waals surface area contributed by atoms with E-state index < -0.39 is 10.0 Å². The van der Waals surface area contributed by atoms with Crippen molar-refractivity contribution in [2.45, 2.75) is 25.2 Å². The van der Waals surface area contributed by atoms with Crippen LogP contribution in [0.5, 0.6) is 0 Å². The zero-order valence-corrected chi connectivity index (χ0v) is 10.7. The van der Waals surface area contributed by atoms with Gasteiger partial charge in [-0.1, -0.05) is 20.3 Å². The summed E-state index contributed by atoms with van der Waals surface area (Å²) in [6, 6.07) is 4.60. The Hall–Kier alpha value is -1.45. The van der Waals surface area contributed by atoms with Crippen molar-refractivity contribution in [1.29, 1.82) is 5.26 Å². The topological polar surface area (TPSA) is 82.9 Å².